The molecule has 18 heavy (non-hydrogen) atoms. The van der Waals surface area contributed by atoms with E-state index in [1.807, 2.05) is 6.07 Å². The zero-order valence-electron chi connectivity index (χ0n) is 11.0. The zero-order chi connectivity index (χ0) is 13.0. The SMILES string of the molecule is Cc1ccc(C(O)CCCc2cccs2)cc1C. The number of aliphatic hydroxyl groups excluding tert-OH is 1. The first-order valence-corrected chi connectivity index (χ1v) is 7.32. The largest absolute Gasteiger partial charge is 0.388 e. The second kappa shape index (κ2) is 6.17. The van der Waals surface area contributed by atoms with Crippen LogP contribution in [0.2, 0.25) is 0 Å². The minimum atomic E-state index is -0.329. The number of thiophene rings is 1. The molecule has 0 aliphatic rings. The first kappa shape index (κ1) is 13.3. The monoisotopic (exact) mass is 260 g/mol. The summed E-state index contributed by atoms with van der Waals surface area (Å²) in [5.74, 6) is 0. The summed E-state index contributed by atoms with van der Waals surface area (Å²) < 4.78 is 0. The highest BCUT2D eigenvalue weighted by atomic mass is 32.1. The summed E-state index contributed by atoms with van der Waals surface area (Å²) >= 11 is 1.79. The van der Waals surface area contributed by atoms with Gasteiger partial charge in [-0.05, 0) is 61.2 Å². The molecule has 1 unspecified atom stereocenters. The maximum atomic E-state index is 10.2. The topological polar surface area (TPSA) is 20.2 Å². The molecule has 0 aliphatic carbocycles. The number of aliphatic hydroxyl groups is 1. The van der Waals surface area contributed by atoms with Crippen LogP contribution in [-0.2, 0) is 6.42 Å². The van der Waals surface area contributed by atoms with Crippen LogP contribution in [0.5, 0.6) is 0 Å². The van der Waals surface area contributed by atoms with Crippen molar-refractivity contribution in [2.75, 3.05) is 0 Å². The Labute approximate surface area is 113 Å². The summed E-state index contributed by atoms with van der Waals surface area (Å²) in [6, 6.07) is 10.5. The smallest absolute Gasteiger partial charge is 0.0790 e. The van der Waals surface area contributed by atoms with Crippen molar-refractivity contribution in [2.24, 2.45) is 0 Å². The van der Waals surface area contributed by atoms with Gasteiger partial charge in [0.15, 0.2) is 0 Å². The lowest BCUT2D eigenvalue weighted by molar-refractivity contribution is 0.164. The first-order chi connectivity index (χ1) is 8.66. The summed E-state index contributed by atoms with van der Waals surface area (Å²) in [5.41, 5.74) is 3.58. The van der Waals surface area contributed by atoms with Gasteiger partial charge in [-0.2, -0.15) is 0 Å². The summed E-state index contributed by atoms with van der Waals surface area (Å²) in [6.07, 6.45) is 2.61. The van der Waals surface area contributed by atoms with Gasteiger partial charge in [0.1, 0.15) is 0 Å². The molecule has 0 amide bonds. The van der Waals surface area contributed by atoms with Gasteiger partial charge in [0.25, 0.3) is 0 Å². The van der Waals surface area contributed by atoms with E-state index in [4.69, 9.17) is 0 Å². The van der Waals surface area contributed by atoms with E-state index < -0.39 is 0 Å². The van der Waals surface area contributed by atoms with Gasteiger partial charge in [-0.15, -0.1) is 11.3 Å². The van der Waals surface area contributed by atoms with Crippen molar-refractivity contribution in [2.45, 2.75) is 39.2 Å². The quantitative estimate of drug-likeness (QED) is 0.843. The molecule has 0 saturated heterocycles. The normalized spacial score (nSPS) is 12.6. The minimum Gasteiger partial charge on any atom is -0.388 e. The second-order valence-electron chi connectivity index (χ2n) is 4.83. The van der Waals surface area contributed by atoms with Gasteiger partial charge >= 0.3 is 0 Å². The molecule has 0 fully saturated rings. The number of rotatable bonds is 5. The lowest BCUT2D eigenvalue weighted by Gasteiger charge is -2.12. The van der Waals surface area contributed by atoms with Gasteiger partial charge in [-0.25, -0.2) is 0 Å². The van der Waals surface area contributed by atoms with Crippen molar-refractivity contribution in [3.63, 3.8) is 0 Å². The van der Waals surface area contributed by atoms with Gasteiger partial charge in [0.2, 0.25) is 0 Å². The molecule has 1 aromatic heterocycles. The fraction of sp³-hybridized carbons (Fsp3) is 0.375. The molecular weight excluding hydrogens is 240 g/mol. The summed E-state index contributed by atoms with van der Waals surface area (Å²) in [7, 11) is 0. The molecule has 2 heteroatoms. The Kier molecular flexibility index (Phi) is 4.56. The van der Waals surface area contributed by atoms with Crippen LogP contribution in [-0.4, -0.2) is 5.11 Å². The molecule has 0 radical (unpaired) electrons. The third-order valence-electron chi connectivity index (χ3n) is 3.40. The molecule has 1 heterocycles. The molecular formula is C16H20OS. The maximum absolute atomic E-state index is 10.2. The van der Waals surface area contributed by atoms with Gasteiger partial charge in [-0.3, -0.25) is 0 Å². The Morgan fingerprint density at radius 1 is 1.17 bits per heavy atom. The first-order valence-electron chi connectivity index (χ1n) is 6.44. The predicted molar refractivity (Wildman–Crippen MR) is 78.1 cm³/mol. The molecule has 0 saturated carbocycles. The van der Waals surface area contributed by atoms with Crippen LogP contribution in [0.1, 0.15) is 40.5 Å². The van der Waals surface area contributed by atoms with Crippen LogP contribution < -0.4 is 0 Å². The van der Waals surface area contributed by atoms with E-state index in [9.17, 15) is 5.11 Å². The van der Waals surface area contributed by atoms with Gasteiger partial charge in [0, 0.05) is 4.88 Å². The Balaban J connectivity index is 1.87. The molecule has 0 bridgehead atoms. The molecule has 96 valence electrons. The lowest BCUT2D eigenvalue weighted by atomic mass is 9.99. The summed E-state index contributed by atoms with van der Waals surface area (Å²) in [5, 5.41) is 12.3. The van der Waals surface area contributed by atoms with Gasteiger partial charge < -0.3 is 5.11 Å². The molecule has 1 N–H and O–H groups in total. The summed E-state index contributed by atoms with van der Waals surface area (Å²) in [4.78, 5) is 1.40. The number of hydrogen-bond donors (Lipinski definition) is 1. The zero-order valence-corrected chi connectivity index (χ0v) is 11.8. The standard InChI is InChI=1S/C16H20OS/c1-12-8-9-14(11-13(12)2)16(17)7-3-5-15-6-4-10-18-15/h4,6,8-11,16-17H,3,5,7H2,1-2H3. The number of hydrogen-bond acceptors (Lipinski definition) is 2. The molecule has 0 aliphatic heterocycles. The number of benzene rings is 1. The van der Waals surface area contributed by atoms with Crippen molar-refractivity contribution >= 4 is 11.3 Å². The Hall–Kier alpha value is -1.12. The van der Waals surface area contributed by atoms with Crippen LogP contribution in [0, 0.1) is 13.8 Å². The van der Waals surface area contributed by atoms with Crippen LogP contribution in [0.4, 0.5) is 0 Å². The van der Waals surface area contributed by atoms with Gasteiger partial charge in [-0.1, -0.05) is 24.3 Å². The average Bonchev–Trinajstić information content (AvgIpc) is 2.85. The predicted octanol–water partition coefficient (Wildman–Crippen LogP) is 4.42. The van der Waals surface area contributed by atoms with E-state index in [0.29, 0.717) is 0 Å². The van der Waals surface area contributed by atoms with Crippen LogP contribution in [0.15, 0.2) is 35.7 Å². The van der Waals surface area contributed by atoms with E-state index in [2.05, 4.69) is 43.5 Å². The molecule has 2 aromatic rings. The van der Waals surface area contributed by atoms with Crippen molar-refractivity contribution in [1.29, 1.82) is 0 Å². The second-order valence-corrected chi connectivity index (χ2v) is 5.86. The Morgan fingerprint density at radius 2 is 2.00 bits per heavy atom. The van der Waals surface area contributed by atoms with Crippen molar-refractivity contribution < 1.29 is 5.11 Å². The Bertz CT molecular complexity index is 488. The maximum Gasteiger partial charge on any atom is 0.0790 e. The summed E-state index contributed by atoms with van der Waals surface area (Å²) in [6.45, 7) is 4.19. The average molecular weight is 260 g/mol. The highest BCUT2D eigenvalue weighted by Crippen LogP contribution is 2.22. The van der Waals surface area contributed by atoms with Gasteiger partial charge in [0.05, 0.1) is 6.10 Å². The third kappa shape index (κ3) is 3.44. The van der Waals surface area contributed by atoms with E-state index in [-0.39, 0.29) is 6.10 Å². The number of aryl methyl sites for hydroxylation is 3. The van der Waals surface area contributed by atoms with E-state index in [1.54, 1.807) is 11.3 Å². The van der Waals surface area contributed by atoms with Crippen LogP contribution in [0.3, 0.4) is 0 Å². The third-order valence-corrected chi connectivity index (χ3v) is 4.33. The molecule has 2 rings (SSSR count). The molecule has 0 spiro atoms. The van der Waals surface area contributed by atoms with Crippen LogP contribution >= 0.6 is 11.3 Å². The van der Waals surface area contributed by atoms with Crippen molar-refractivity contribution in [3.05, 3.63) is 57.3 Å². The Morgan fingerprint density at radius 3 is 2.67 bits per heavy atom. The van der Waals surface area contributed by atoms with E-state index in [1.165, 1.54) is 16.0 Å². The van der Waals surface area contributed by atoms with E-state index in [0.717, 1.165) is 24.8 Å². The van der Waals surface area contributed by atoms with Crippen molar-refractivity contribution in [3.8, 4) is 0 Å². The minimum absolute atomic E-state index is 0.329. The molecule has 1 aromatic carbocycles. The molecule has 1 atom stereocenters. The lowest BCUT2D eigenvalue weighted by Crippen LogP contribution is -1.99. The highest BCUT2D eigenvalue weighted by Gasteiger charge is 2.08. The highest BCUT2D eigenvalue weighted by molar-refractivity contribution is 7.09. The van der Waals surface area contributed by atoms with Crippen LogP contribution in [0.25, 0.3) is 0 Å². The fourth-order valence-corrected chi connectivity index (χ4v) is 2.81. The molecule has 1 nitrogen and oxygen atoms in total. The fourth-order valence-electron chi connectivity index (χ4n) is 2.06. The van der Waals surface area contributed by atoms with Crippen molar-refractivity contribution in [1.82, 2.24) is 0 Å². The van der Waals surface area contributed by atoms with E-state index >= 15 is 0 Å².